The largest absolute Gasteiger partial charge is 0.352 e. The minimum Gasteiger partial charge on any atom is -0.352 e. The summed E-state index contributed by atoms with van der Waals surface area (Å²) in [6.07, 6.45) is 4.42. The molecule has 22 heavy (non-hydrogen) atoms. The highest BCUT2D eigenvalue weighted by atomic mass is 16.2. The molecule has 2 aliphatic rings. The quantitative estimate of drug-likeness (QED) is 0.915. The maximum atomic E-state index is 12.2. The van der Waals surface area contributed by atoms with Gasteiger partial charge >= 0.3 is 0 Å². The molecule has 0 spiro atoms. The Balaban J connectivity index is 1.58. The summed E-state index contributed by atoms with van der Waals surface area (Å²) in [6, 6.07) is 0.251. The van der Waals surface area contributed by atoms with Crippen molar-refractivity contribution < 1.29 is 4.79 Å². The lowest BCUT2D eigenvalue weighted by atomic mass is 9.94. The average molecular weight is 305 g/mol. The molecule has 0 aromatic carbocycles. The molecule has 1 N–H and O–H groups in total. The molecule has 1 saturated heterocycles. The lowest BCUT2D eigenvalue weighted by molar-refractivity contribution is -0.129. The zero-order valence-electron chi connectivity index (χ0n) is 13.9. The summed E-state index contributed by atoms with van der Waals surface area (Å²) < 4.78 is 2.26. The van der Waals surface area contributed by atoms with Crippen LogP contribution >= 0.6 is 0 Å². The number of amides is 1. The second-order valence-corrected chi connectivity index (χ2v) is 7.59. The van der Waals surface area contributed by atoms with Gasteiger partial charge in [0.05, 0.1) is 6.54 Å². The van der Waals surface area contributed by atoms with Crippen LogP contribution in [-0.2, 0) is 24.3 Å². The predicted molar refractivity (Wildman–Crippen MR) is 84.2 cm³/mol. The molecule has 6 nitrogen and oxygen atoms in total. The minimum absolute atomic E-state index is 0.141. The van der Waals surface area contributed by atoms with E-state index in [9.17, 15) is 4.79 Å². The van der Waals surface area contributed by atoms with Gasteiger partial charge in [0.2, 0.25) is 5.91 Å². The van der Waals surface area contributed by atoms with E-state index in [1.807, 2.05) is 20.8 Å². The summed E-state index contributed by atoms with van der Waals surface area (Å²) in [7, 11) is 0. The van der Waals surface area contributed by atoms with Gasteiger partial charge in [-0.25, -0.2) is 0 Å². The monoisotopic (exact) mass is 305 g/mol. The Morgan fingerprint density at radius 3 is 2.86 bits per heavy atom. The second-order valence-electron chi connectivity index (χ2n) is 7.59. The lowest BCUT2D eigenvalue weighted by Gasteiger charge is -2.34. The predicted octanol–water partition coefficient (Wildman–Crippen LogP) is 1.35. The first kappa shape index (κ1) is 15.5. The van der Waals surface area contributed by atoms with E-state index in [4.69, 9.17) is 0 Å². The van der Waals surface area contributed by atoms with Gasteiger partial charge in [-0.15, -0.1) is 10.2 Å². The number of carbonyl (C=O) groups is 1. The van der Waals surface area contributed by atoms with E-state index in [0.717, 1.165) is 57.1 Å². The van der Waals surface area contributed by atoms with Crippen molar-refractivity contribution in [3.05, 3.63) is 11.6 Å². The van der Waals surface area contributed by atoms with Crippen molar-refractivity contribution in [2.45, 2.75) is 65.6 Å². The van der Waals surface area contributed by atoms with E-state index in [1.165, 1.54) is 6.42 Å². The number of piperidine rings is 1. The van der Waals surface area contributed by atoms with Crippen molar-refractivity contribution in [3.8, 4) is 0 Å². The fraction of sp³-hybridized carbons (Fsp3) is 0.812. The second kappa shape index (κ2) is 5.99. The van der Waals surface area contributed by atoms with Crippen LogP contribution in [0.25, 0.3) is 0 Å². The summed E-state index contributed by atoms with van der Waals surface area (Å²) in [4.78, 5) is 14.5. The van der Waals surface area contributed by atoms with Gasteiger partial charge in [-0.3, -0.25) is 9.69 Å². The van der Waals surface area contributed by atoms with Crippen LogP contribution in [-0.4, -0.2) is 44.7 Å². The van der Waals surface area contributed by atoms with Crippen molar-refractivity contribution in [1.29, 1.82) is 0 Å². The van der Waals surface area contributed by atoms with E-state index in [-0.39, 0.29) is 17.4 Å². The molecule has 1 aromatic heterocycles. The summed E-state index contributed by atoms with van der Waals surface area (Å²) in [5, 5.41) is 11.8. The molecular formula is C16H27N5O. The smallest absolute Gasteiger partial charge is 0.225 e. The molecule has 122 valence electrons. The molecule has 1 atom stereocenters. The van der Waals surface area contributed by atoms with Crippen molar-refractivity contribution in [2.24, 2.45) is 5.41 Å². The van der Waals surface area contributed by atoms with Crippen molar-refractivity contribution in [1.82, 2.24) is 25.0 Å². The van der Waals surface area contributed by atoms with Gasteiger partial charge in [0.15, 0.2) is 0 Å². The Bertz CT molecular complexity index is 545. The van der Waals surface area contributed by atoms with Gasteiger partial charge in [0.1, 0.15) is 11.6 Å². The number of aromatic nitrogens is 3. The third kappa shape index (κ3) is 3.32. The topological polar surface area (TPSA) is 63.1 Å². The number of carbonyl (C=O) groups excluding carboxylic acids is 1. The molecular weight excluding hydrogens is 278 g/mol. The van der Waals surface area contributed by atoms with E-state index in [0.29, 0.717) is 0 Å². The number of rotatable bonds is 3. The third-order valence-corrected chi connectivity index (χ3v) is 4.57. The molecule has 2 aliphatic heterocycles. The first-order valence-corrected chi connectivity index (χ1v) is 8.38. The van der Waals surface area contributed by atoms with E-state index < -0.39 is 0 Å². The van der Waals surface area contributed by atoms with Gasteiger partial charge in [0, 0.05) is 31.0 Å². The van der Waals surface area contributed by atoms with Gasteiger partial charge in [-0.2, -0.15) is 0 Å². The molecule has 1 fully saturated rings. The SMILES string of the molecule is CC(C)(C)C(=O)NC1CCCN(Cc2nnc3n2CCC3)C1. The first-order chi connectivity index (χ1) is 10.4. The number of hydrogen-bond donors (Lipinski definition) is 1. The Morgan fingerprint density at radius 2 is 2.09 bits per heavy atom. The molecule has 1 unspecified atom stereocenters. The molecule has 0 saturated carbocycles. The molecule has 3 rings (SSSR count). The van der Waals surface area contributed by atoms with Gasteiger partial charge < -0.3 is 9.88 Å². The normalized spacial score (nSPS) is 22.6. The standard InChI is InChI=1S/C16H27N5O/c1-16(2,3)15(22)17-12-6-4-8-20(10-12)11-14-19-18-13-7-5-9-21(13)14/h12H,4-11H2,1-3H3,(H,17,22). The van der Waals surface area contributed by atoms with Crippen LogP contribution in [0.15, 0.2) is 0 Å². The number of hydrogen-bond acceptors (Lipinski definition) is 4. The lowest BCUT2D eigenvalue weighted by Crippen LogP contribution is -2.50. The fourth-order valence-corrected chi connectivity index (χ4v) is 3.25. The number of likely N-dealkylation sites (tertiary alicyclic amines) is 1. The van der Waals surface area contributed by atoms with Crippen molar-refractivity contribution >= 4 is 5.91 Å². The number of nitrogens with one attached hydrogen (secondary N) is 1. The summed E-state index contributed by atoms with van der Waals surface area (Å²) >= 11 is 0. The Hall–Kier alpha value is -1.43. The molecule has 0 radical (unpaired) electrons. The minimum atomic E-state index is -0.323. The highest BCUT2D eigenvalue weighted by Gasteiger charge is 2.28. The zero-order valence-corrected chi connectivity index (χ0v) is 13.9. The summed E-state index contributed by atoms with van der Waals surface area (Å²) in [5.41, 5.74) is -0.323. The number of aryl methyl sites for hydroxylation is 1. The number of nitrogens with zero attached hydrogens (tertiary/aromatic N) is 4. The van der Waals surface area contributed by atoms with Crippen LogP contribution in [0.5, 0.6) is 0 Å². The van der Waals surface area contributed by atoms with E-state index in [1.54, 1.807) is 0 Å². The van der Waals surface area contributed by atoms with Crippen LogP contribution in [0.4, 0.5) is 0 Å². The maximum Gasteiger partial charge on any atom is 0.225 e. The van der Waals surface area contributed by atoms with E-state index in [2.05, 4.69) is 25.0 Å². The Labute approximate surface area is 132 Å². The van der Waals surface area contributed by atoms with Crippen LogP contribution in [0.2, 0.25) is 0 Å². The van der Waals surface area contributed by atoms with Crippen LogP contribution < -0.4 is 5.32 Å². The molecule has 3 heterocycles. The number of fused-ring (bicyclic) bond motifs is 1. The zero-order chi connectivity index (χ0) is 15.7. The Kier molecular flexibility index (Phi) is 4.21. The van der Waals surface area contributed by atoms with Crippen LogP contribution in [0.1, 0.15) is 51.7 Å². The highest BCUT2D eigenvalue weighted by Crippen LogP contribution is 2.19. The molecule has 0 aliphatic carbocycles. The summed E-state index contributed by atoms with van der Waals surface area (Å²) in [5.74, 6) is 2.35. The van der Waals surface area contributed by atoms with Crippen molar-refractivity contribution in [3.63, 3.8) is 0 Å². The fourth-order valence-electron chi connectivity index (χ4n) is 3.25. The molecule has 1 aromatic rings. The maximum absolute atomic E-state index is 12.2. The summed E-state index contributed by atoms with van der Waals surface area (Å²) in [6.45, 7) is 9.76. The van der Waals surface area contributed by atoms with Gasteiger partial charge in [-0.05, 0) is 25.8 Å². The third-order valence-electron chi connectivity index (χ3n) is 4.57. The highest BCUT2D eigenvalue weighted by molar-refractivity contribution is 5.81. The van der Waals surface area contributed by atoms with Crippen LogP contribution in [0, 0.1) is 5.41 Å². The van der Waals surface area contributed by atoms with Crippen molar-refractivity contribution in [2.75, 3.05) is 13.1 Å². The van der Waals surface area contributed by atoms with Gasteiger partial charge in [0.25, 0.3) is 0 Å². The Morgan fingerprint density at radius 1 is 1.27 bits per heavy atom. The average Bonchev–Trinajstić information content (AvgIpc) is 3.03. The first-order valence-electron chi connectivity index (χ1n) is 8.38. The van der Waals surface area contributed by atoms with Crippen LogP contribution in [0.3, 0.4) is 0 Å². The molecule has 1 amide bonds. The molecule has 0 bridgehead atoms. The van der Waals surface area contributed by atoms with Gasteiger partial charge in [-0.1, -0.05) is 20.8 Å². The van der Waals surface area contributed by atoms with E-state index >= 15 is 0 Å². The molecule has 6 heteroatoms.